The number of nitrogens with zero attached hydrogens (tertiary/aromatic N) is 2. The fourth-order valence-electron chi connectivity index (χ4n) is 10.7. The van der Waals surface area contributed by atoms with Gasteiger partial charge in [0.25, 0.3) is 6.71 Å². The molecule has 3 heteroatoms. The highest BCUT2D eigenvalue weighted by molar-refractivity contribution is 7.00. The largest absolute Gasteiger partial charge is 0.311 e. The molecule has 9 rings (SSSR count). The highest BCUT2D eigenvalue weighted by Gasteiger charge is 2.46. The quantitative estimate of drug-likeness (QED) is 0.164. The van der Waals surface area contributed by atoms with Crippen molar-refractivity contribution in [3.63, 3.8) is 0 Å². The van der Waals surface area contributed by atoms with Gasteiger partial charge in [0.1, 0.15) is 0 Å². The van der Waals surface area contributed by atoms with E-state index in [0.717, 1.165) is 12.8 Å². The van der Waals surface area contributed by atoms with Crippen LogP contribution in [0.3, 0.4) is 0 Å². The maximum absolute atomic E-state index is 2.70. The number of hydrogen-bond acceptors (Lipinski definition) is 2. The van der Waals surface area contributed by atoms with Gasteiger partial charge in [0.2, 0.25) is 0 Å². The Balaban J connectivity index is 1.42. The molecule has 0 saturated heterocycles. The highest BCUT2D eigenvalue weighted by atomic mass is 15.2. The van der Waals surface area contributed by atoms with Crippen LogP contribution in [0.5, 0.6) is 0 Å². The topological polar surface area (TPSA) is 6.48 Å². The first kappa shape index (κ1) is 44.2. The van der Waals surface area contributed by atoms with Crippen molar-refractivity contribution in [2.45, 2.75) is 158 Å². The minimum atomic E-state index is -0.108. The van der Waals surface area contributed by atoms with E-state index in [1.54, 1.807) is 0 Å². The lowest BCUT2D eigenvalue weighted by atomic mass is 9.33. The van der Waals surface area contributed by atoms with Crippen molar-refractivity contribution in [3.8, 4) is 11.1 Å². The van der Waals surface area contributed by atoms with Crippen molar-refractivity contribution in [1.29, 1.82) is 0 Å². The summed E-state index contributed by atoms with van der Waals surface area (Å²) < 4.78 is 0. The fraction of sp³-hybridized carbons (Fsp3) is 0.410. The Morgan fingerprint density at radius 3 is 1.48 bits per heavy atom. The van der Waals surface area contributed by atoms with Gasteiger partial charge in [-0.15, -0.1) is 0 Å². The molecule has 0 bridgehead atoms. The molecule has 330 valence electrons. The molecule has 2 heterocycles. The van der Waals surface area contributed by atoms with Crippen LogP contribution in [-0.2, 0) is 39.9 Å². The Kier molecular flexibility index (Phi) is 10.0. The molecule has 0 amide bonds. The first-order valence-electron chi connectivity index (χ1n) is 24.1. The lowest BCUT2D eigenvalue weighted by molar-refractivity contribution is 0.392. The maximum atomic E-state index is 2.70. The Morgan fingerprint density at radius 1 is 0.406 bits per heavy atom. The summed E-state index contributed by atoms with van der Waals surface area (Å²) in [6.07, 6.45) is 2.18. The molecule has 0 saturated carbocycles. The average Bonchev–Trinajstić information content (AvgIpc) is 3.50. The van der Waals surface area contributed by atoms with E-state index in [0.29, 0.717) is 0 Å². The zero-order valence-electron chi connectivity index (χ0n) is 42.3. The van der Waals surface area contributed by atoms with Gasteiger partial charge in [0.05, 0.1) is 5.69 Å². The van der Waals surface area contributed by atoms with Crippen LogP contribution in [0.2, 0.25) is 0 Å². The summed E-state index contributed by atoms with van der Waals surface area (Å²) in [6.45, 7) is 40.1. The van der Waals surface area contributed by atoms with Crippen LogP contribution in [0.25, 0.3) is 11.1 Å². The predicted molar refractivity (Wildman–Crippen MR) is 281 cm³/mol. The van der Waals surface area contributed by atoms with Gasteiger partial charge < -0.3 is 9.80 Å². The van der Waals surface area contributed by atoms with E-state index < -0.39 is 0 Å². The Morgan fingerprint density at radius 2 is 0.891 bits per heavy atom. The molecule has 2 aliphatic heterocycles. The molecule has 0 N–H and O–H groups in total. The van der Waals surface area contributed by atoms with E-state index in [2.05, 4.69) is 237 Å². The average molecular weight is 845 g/mol. The molecule has 0 spiro atoms. The summed E-state index contributed by atoms with van der Waals surface area (Å²) in [5, 5.41) is 0. The lowest BCUT2D eigenvalue weighted by Crippen LogP contribution is -2.61. The monoisotopic (exact) mass is 845 g/mol. The standard InChI is InChI=1S/C61H73BN2/c1-56(2,3)41-23-21-38(22-24-41)47-32-43(58(7,8)9)26-28-50(47)64-51-30-40-37-61(16,17)36-39(40)29-49(51)62-48-27-25-44(59(10,11)12)33-52(48)63(46-20-18-19-42(31-46)57(4,5)6)53-34-45(60(13,14)15)35-54(64)55(53)62/h18-35H,36-37H2,1-17H3. The van der Waals surface area contributed by atoms with Gasteiger partial charge in [0.15, 0.2) is 0 Å². The summed E-state index contributed by atoms with van der Waals surface area (Å²) in [5.41, 5.74) is 24.2. The maximum Gasteiger partial charge on any atom is 0.252 e. The van der Waals surface area contributed by atoms with E-state index in [1.807, 2.05) is 0 Å². The van der Waals surface area contributed by atoms with Crippen molar-refractivity contribution < 1.29 is 0 Å². The van der Waals surface area contributed by atoms with Crippen molar-refractivity contribution in [3.05, 3.63) is 148 Å². The first-order valence-corrected chi connectivity index (χ1v) is 24.1. The van der Waals surface area contributed by atoms with Crippen LogP contribution >= 0.6 is 0 Å². The Labute approximate surface area is 387 Å². The van der Waals surface area contributed by atoms with E-state index in [1.165, 1.54) is 101 Å². The molecule has 64 heavy (non-hydrogen) atoms. The SMILES string of the molecule is CC1(C)Cc2cc3c(cc2C1)N(c1ccc(C(C)(C)C)cc1-c1ccc(C(C)(C)C)cc1)c1cc(C(C)(C)C)cc2c1B3c1ccc(C(C)(C)C)cc1N2c1cccc(C(C)(C)C)c1. The number of anilines is 6. The van der Waals surface area contributed by atoms with Crippen LogP contribution in [-0.4, -0.2) is 6.71 Å². The number of benzene rings is 6. The van der Waals surface area contributed by atoms with Gasteiger partial charge in [-0.25, -0.2) is 0 Å². The molecular weight excluding hydrogens is 771 g/mol. The number of rotatable bonds is 3. The molecule has 0 fully saturated rings. The molecular formula is C61H73BN2. The number of fused-ring (bicyclic) bond motifs is 5. The molecule has 0 unspecified atom stereocenters. The number of hydrogen-bond donors (Lipinski definition) is 0. The van der Waals surface area contributed by atoms with Crippen molar-refractivity contribution >= 4 is 57.2 Å². The Hall–Kier alpha value is -5.02. The third kappa shape index (κ3) is 7.63. The lowest BCUT2D eigenvalue weighted by Gasteiger charge is -2.46. The summed E-state index contributed by atoms with van der Waals surface area (Å²) in [7, 11) is 0. The van der Waals surface area contributed by atoms with E-state index in [-0.39, 0.29) is 39.2 Å². The van der Waals surface area contributed by atoms with Crippen LogP contribution in [0, 0.1) is 5.41 Å². The molecule has 3 aliphatic rings. The summed E-state index contributed by atoms with van der Waals surface area (Å²) in [5.74, 6) is 0. The smallest absolute Gasteiger partial charge is 0.252 e. The first-order chi connectivity index (χ1) is 29.6. The Bertz CT molecular complexity index is 2820. The molecule has 0 aromatic heterocycles. The fourth-order valence-corrected chi connectivity index (χ4v) is 10.7. The highest BCUT2D eigenvalue weighted by Crippen LogP contribution is 2.51. The second-order valence-corrected chi connectivity index (χ2v) is 25.6. The van der Waals surface area contributed by atoms with Gasteiger partial charge >= 0.3 is 0 Å². The van der Waals surface area contributed by atoms with Crippen LogP contribution < -0.4 is 26.2 Å². The second kappa shape index (κ2) is 14.5. The molecule has 2 nitrogen and oxygen atoms in total. The van der Waals surface area contributed by atoms with E-state index in [9.17, 15) is 0 Å². The van der Waals surface area contributed by atoms with E-state index in [4.69, 9.17) is 0 Å². The summed E-state index contributed by atoms with van der Waals surface area (Å²) >= 11 is 0. The molecule has 0 atom stereocenters. The van der Waals surface area contributed by atoms with Gasteiger partial charge in [-0.3, -0.25) is 0 Å². The molecule has 1 aliphatic carbocycles. The van der Waals surface area contributed by atoms with Gasteiger partial charge in [-0.05, 0) is 155 Å². The molecule has 0 radical (unpaired) electrons. The third-order valence-corrected chi connectivity index (χ3v) is 14.6. The zero-order valence-corrected chi connectivity index (χ0v) is 42.3. The van der Waals surface area contributed by atoms with Crippen molar-refractivity contribution in [2.24, 2.45) is 5.41 Å². The van der Waals surface area contributed by atoms with Crippen LogP contribution in [0.15, 0.2) is 109 Å². The predicted octanol–water partition coefficient (Wildman–Crippen LogP) is 15.0. The van der Waals surface area contributed by atoms with Crippen LogP contribution in [0.1, 0.15) is 157 Å². The summed E-state index contributed by atoms with van der Waals surface area (Å²) in [6, 6.07) is 44.0. The van der Waals surface area contributed by atoms with Gasteiger partial charge in [-0.1, -0.05) is 178 Å². The third-order valence-electron chi connectivity index (χ3n) is 14.6. The summed E-state index contributed by atoms with van der Waals surface area (Å²) in [4.78, 5) is 5.34. The minimum Gasteiger partial charge on any atom is -0.311 e. The van der Waals surface area contributed by atoms with E-state index >= 15 is 0 Å². The zero-order chi connectivity index (χ0) is 46.3. The molecule has 6 aromatic carbocycles. The minimum absolute atomic E-state index is 0.00169. The van der Waals surface area contributed by atoms with Gasteiger partial charge in [-0.2, -0.15) is 0 Å². The van der Waals surface area contributed by atoms with Crippen molar-refractivity contribution in [1.82, 2.24) is 0 Å². The molecule has 6 aromatic rings. The van der Waals surface area contributed by atoms with Gasteiger partial charge in [0, 0.05) is 34.0 Å². The van der Waals surface area contributed by atoms with Crippen LogP contribution in [0.4, 0.5) is 34.1 Å². The van der Waals surface area contributed by atoms with Crippen molar-refractivity contribution in [2.75, 3.05) is 9.80 Å². The normalized spacial score (nSPS) is 15.8. The second-order valence-electron chi connectivity index (χ2n) is 25.6.